The number of benzene rings is 1. The second kappa shape index (κ2) is 6.04. The number of nitrogen functional groups attached to an aromatic ring is 1. The topological polar surface area (TPSA) is 73.6 Å². The van der Waals surface area contributed by atoms with E-state index in [1.807, 2.05) is 19.1 Å². The first kappa shape index (κ1) is 13.8. The van der Waals surface area contributed by atoms with E-state index in [-0.39, 0.29) is 12.0 Å². The Morgan fingerprint density at radius 1 is 1.58 bits per heavy atom. The third kappa shape index (κ3) is 3.45. The molecule has 1 heterocycles. The summed E-state index contributed by atoms with van der Waals surface area (Å²) in [5, 5.41) is 2.84. The van der Waals surface area contributed by atoms with Crippen LogP contribution in [0, 0.1) is 6.92 Å². The van der Waals surface area contributed by atoms with Gasteiger partial charge in [-0.15, -0.1) is 0 Å². The molecule has 0 bridgehead atoms. The first-order valence-corrected chi connectivity index (χ1v) is 6.47. The molecule has 1 aliphatic heterocycles. The van der Waals surface area contributed by atoms with Crippen molar-refractivity contribution in [3.63, 3.8) is 0 Å². The summed E-state index contributed by atoms with van der Waals surface area (Å²) < 4.78 is 10.9. The lowest BCUT2D eigenvalue weighted by molar-refractivity contribution is -0.129. The van der Waals surface area contributed by atoms with Crippen molar-refractivity contribution in [2.45, 2.75) is 32.5 Å². The second-order valence-corrected chi connectivity index (χ2v) is 4.77. The van der Waals surface area contributed by atoms with Crippen LogP contribution in [0.25, 0.3) is 0 Å². The monoisotopic (exact) mass is 264 g/mol. The van der Waals surface area contributed by atoms with Gasteiger partial charge in [-0.3, -0.25) is 4.79 Å². The van der Waals surface area contributed by atoms with Gasteiger partial charge in [-0.1, -0.05) is 6.07 Å². The van der Waals surface area contributed by atoms with E-state index >= 15 is 0 Å². The van der Waals surface area contributed by atoms with Crippen molar-refractivity contribution < 1.29 is 14.3 Å². The van der Waals surface area contributed by atoms with Gasteiger partial charge in [0.25, 0.3) is 5.91 Å². The summed E-state index contributed by atoms with van der Waals surface area (Å²) in [4.78, 5) is 12.0. The maximum absolute atomic E-state index is 12.0. The molecule has 5 nitrogen and oxygen atoms in total. The molecule has 1 fully saturated rings. The molecule has 104 valence electrons. The molecule has 5 heteroatoms. The quantitative estimate of drug-likeness (QED) is 0.812. The molecular formula is C14H20N2O3. The highest BCUT2D eigenvalue weighted by Gasteiger charge is 2.23. The van der Waals surface area contributed by atoms with Crippen LogP contribution >= 0.6 is 0 Å². The van der Waals surface area contributed by atoms with Crippen LogP contribution in [-0.4, -0.2) is 31.3 Å². The van der Waals surface area contributed by atoms with E-state index in [9.17, 15) is 4.79 Å². The zero-order valence-electron chi connectivity index (χ0n) is 11.3. The van der Waals surface area contributed by atoms with E-state index in [0.717, 1.165) is 17.7 Å². The lowest BCUT2D eigenvalue weighted by Crippen LogP contribution is -2.32. The number of amides is 1. The third-order valence-corrected chi connectivity index (χ3v) is 3.29. The van der Waals surface area contributed by atoms with Crippen LogP contribution in [0.1, 0.15) is 18.9 Å². The largest absolute Gasteiger partial charge is 0.398 e. The zero-order chi connectivity index (χ0) is 13.8. The Labute approximate surface area is 113 Å². The molecular weight excluding hydrogens is 244 g/mol. The lowest BCUT2D eigenvalue weighted by atomic mass is 10.1. The lowest BCUT2D eigenvalue weighted by Gasteiger charge is -2.18. The summed E-state index contributed by atoms with van der Waals surface area (Å²) in [6.07, 6.45) is 0.352. The number of carbonyl (C=O) groups excluding carboxylic acids is 1. The Kier molecular flexibility index (Phi) is 4.39. The first-order valence-electron chi connectivity index (χ1n) is 6.47. The van der Waals surface area contributed by atoms with E-state index < -0.39 is 6.10 Å². The molecule has 2 atom stereocenters. The fourth-order valence-electron chi connectivity index (χ4n) is 1.99. The number of hydrogen-bond acceptors (Lipinski definition) is 4. The van der Waals surface area contributed by atoms with E-state index in [1.54, 1.807) is 13.0 Å². The summed E-state index contributed by atoms with van der Waals surface area (Å²) >= 11 is 0. The number of nitrogens with two attached hydrogens (primary N) is 1. The van der Waals surface area contributed by atoms with Gasteiger partial charge in [0.2, 0.25) is 0 Å². The number of ether oxygens (including phenoxy) is 2. The van der Waals surface area contributed by atoms with Gasteiger partial charge < -0.3 is 20.5 Å². The smallest absolute Gasteiger partial charge is 0.253 e. The second-order valence-electron chi connectivity index (χ2n) is 4.77. The average Bonchev–Trinajstić information content (AvgIpc) is 2.87. The van der Waals surface area contributed by atoms with Crippen LogP contribution in [-0.2, 0) is 14.3 Å². The Morgan fingerprint density at radius 3 is 3.05 bits per heavy atom. The Hall–Kier alpha value is -1.59. The van der Waals surface area contributed by atoms with Crippen molar-refractivity contribution >= 4 is 17.3 Å². The molecule has 2 rings (SSSR count). The average molecular weight is 264 g/mol. The van der Waals surface area contributed by atoms with Crippen LogP contribution in [0.4, 0.5) is 11.4 Å². The number of hydrogen-bond donors (Lipinski definition) is 2. The summed E-state index contributed by atoms with van der Waals surface area (Å²) in [6.45, 7) is 4.89. The van der Waals surface area contributed by atoms with Crippen LogP contribution in [0.2, 0.25) is 0 Å². The molecule has 0 aromatic heterocycles. The molecule has 1 aromatic carbocycles. The first-order chi connectivity index (χ1) is 9.08. The maximum atomic E-state index is 12.0. The molecule has 2 unspecified atom stereocenters. The third-order valence-electron chi connectivity index (χ3n) is 3.29. The summed E-state index contributed by atoms with van der Waals surface area (Å²) in [5.41, 5.74) is 8.06. The fourth-order valence-corrected chi connectivity index (χ4v) is 1.99. The summed E-state index contributed by atoms with van der Waals surface area (Å²) in [7, 11) is 0. The molecule has 1 saturated heterocycles. The van der Waals surface area contributed by atoms with Gasteiger partial charge in [0.15, 0.2) is 0 Å². The van der Waals surface area contributed by atoms with Crippen molar-refractivity contribution in [1.29, 1.82) is 0 Å². The van der Waals surface area contributed by atoms with Crippen molar-refractivity contribution in [3.05, 3.63) is 23.8 Å². The van der Waals surface area contributed by atoms with Gasteiger partial charge >= 0.3 is 0 Å². The van der Waals surface area contributed by atoms with Gasteiger partial charge in [0, 0.05) is 18.0 Å². The van der Waals surface area contributed by atoms with Crippen LogP contribution < -0.4 is 11.1 Å². The van der Waals surface area contributed by atoms with Gasteiger partial charge in [0.05, 0.1) is 12.7 Å². The molecule has 1 aromatic rings. The molecule has 0 saturated carbocycles. The minimum atomic E-state index is -0.507. The van der Waals surface area contributed by atoms with Crippen molar-refractivity contribution in [1.82, 2.24) is 0 Å². The number of carbonyl (C=O) groups is 1. The predicted octanol–water partition coefficient (Wildman–Crippen LogP) is 1.71. The molecule has 1 aliphatic rings. The fraction of sp³-hybridized carbons (Fsp3) is 0.500. The molecule has 3 N–H and O–H groups in total. The van der Waals surface area contributed by atoms with Crippen molar-refractivity contribution in [2.24, 2.45) is 0 Å². The normalized spacial score (nSPS) is 20.2. The van der Waals surface area contributed by atoms with Crippen LogP contribution in [0.15, 0.2) is 18.2 Å². The van der Waals surface area contributed by atoms with Gasteiger partial charge in [-0.05, 0) is 38.0 Å². The highest BCUT2D eigenvalue weighted by atomic mass is 16.6. The molecule has 0 aliphatic carbocycles. The Bertz CT molecular complexity index is 456. The molecule has 19 heavy (non-hydrogen) atoms. The molecule has 0 radical (unpaired) electrons. The van der Waals surface area contributed by atoms with Gasteiger partial charge in [-0.25, -0.2) is 0 Å². The molecule has 1 amide bonds. The summed E-state index contributed by atoms with van der Waals surface area (Å²) in [5.74, 6) is -0.166. The number of rotatable bonds is 4. The van der Waals surface area contributed by atoms with Gasteiger partial charge in [-0.2, -0.15) is 0 Å². The summed E-state index contributed by atoms with van der Waals surface area (Å²) in [6, 6.07) is 5.45. The van der Waals surface area contributed by atoms with Gasteiger partial charge in [0.1, 0.15) is 6.10 Å². The van der Waals surface area contributed by atoms with Crippen LogP contribution in [0.3, 0.4) is 0 Å². The number of anilines is 2. The Morgan fingerprint density at radius 2 is 2.37 bits per heavy atom. The minimum absolute atomic E-state index is 0.0164. The van der Waals surface area contributed by atoms with E-state index in [4.69, 9.17) is 15.2 Å². The minimum Gasteiger partial charge on any atom is -0.398 e. The predicted molar refractivity (Wildman–Crippen MR) is 74.0 cm³/mol. The number of nitrogens with one attached hydrogen (secondary N) is 1. The SMILES string of the molecule is Cc1c(N)cccc1NC(=O)C(C)OC1CCOC1. The standard InChI is InChI=1S/C14H20N2O3/c1-9-12(15)4-3-5-13(9)16-14(17)10(2)19-11-6-7-18-8-11/h3-5,10-11H,6-8,15H2,1-2H3,(H,16,17). The van der Waals surface area contributed by atoms with Crippen molar-refractivity contribution in [3.8, 4) is 0 Å². The van der Waals surface area contributed by atoms with E-state index in [0.29, 0.717) is 18.9 Å². The molecule has 0 spiro atoms. The maximum Gasteiger partial charge on any atom is 0.253 e. The van der Waals surface area contributed by atoms with Crippen molar-refractivity contribution in [2.75, 3.05) is 24.3 Å². The van der Waals surface area contributed by atoms with E-state index in [2.05, 4.69) is 5.32 Å². The Balaban J connectivity index is 1.94. The zero-order valence-corrected chi connectivity index (χ0v) is 11.3. The highest BCUT2D eigenvalue weighted by Crippen LogP contribution is 2.21. The highest BCUT2D eigenvalue weighted by molar-refractivity contribution is 5.95. The van der Waals surface area contributed by atoms with E-state index in [1.165, 1.54) is 0 Å². The van der Waals surface area contributed by atoms with Crippen LogP contribution in [0.5, 0.6) is 0 Å².